The van der Waals surface area contributed by atoms with Gasteiger partial charge in [0.25, 0.3) is 0 Å². The van der Waals surface area contributed by atoms with Crippen molar-refractivity contribution in [3.8, 4) is 11.5 Å². The summed E-state index contributed by atoms with van der Waals surface area (Å²) in [6.07, 6.45) is 3.14. The van der Waals surface area contributed by atoms with Crippen molar-refractivity contribution in [2.75, 3.05) is 27.3 Å². The second-order valence-corrected chi connectivity index (χ2v) is 8.98. The molecule has 0 bridgehead atoms. The summed E-state index contributed by atoms with van der Waals surface area (Å²) in [7, 11) is -0.742. The Balaban J connectivity index is 1.84. The second kappa shape index (κ2) is 9.95. The number of carbonyl (C=O) groups is 1. The Morgan fingerprint density at radius 2 is 1.47 bits per heavy atom. The molecule has 2 aromatic rings. The van der Waals surface area contributed by atoms with Crippen LogP contribution >= 0.6 is 0 Å². The summed E-state index contributed by atoms with van der Waals surface area (Å²) in [5.74, 6) is 1.19. The van der Waals surface area contributed by atoms with Crippen molar-refractivity contribution in [2.24, 2.45) is 0 Å². The Morgan fingerprint density at radius 3 is 2.00 bits per heavy atom. The molecule has 0 radical (unpaired) electrons. The maximum atomic E-state index is 13.0. The van der Waals surface area contributed by atoms with E-state index in [9.17, 15) is 13.2 Å². The molecule has 1 saturated heterocycles. The molecule has 2 aromatic carbocycles. The summed E-state index contributed by atoms with van der Waals surface area (Å²) in [5.41, 5.74) is 0.707. The highest BCUT2D eigenvalue weighted by atomic mass is 32.2. The predicted molar refractivity (Wildman–Crippen MR) is 114 cm³/mol. The van der Waals surface area contributed by atoms with Crippen LogP contribution in [0.5, 0.6) is 11.5 Å². The molecule has 1 N–H and O–H groups in total. The molecule has 1 amide bonds. The monoisotopic (exact) mass is 432 g/mol. The number of piperidine rings is 1. The van der Waals surface area contributed by atoms with Crippen LogP contribution in [0, 0.1) is 0 Å². The Hall–Kier alpha value is -2.58. The van der Waals surface area contributed by atoms with E-state index in [2.05, 4.69) is 4.72 Å². The lowest BCUT2D eigenvalue weighted by Crippen LogP contribution is -2.39. The molecule has 8 heteroatoms. The van der Waals surface area contributed by atoms with Gasteiger partial charge in [0.05, 0.1) is 25.2 Å². The van der Waals surface area contributed by atoms with Crippen LogP contribution < -0.4 is 14.2 Å². The van der Waals surface area contributed by atoms with Crippen LogP contribution in [0.2, 0.25) is 0 Å². The maximum Gasteiger partial charge on any atom is 0.241 e. The van der Waals surface area contributed by atoms with Gasteiger partial charge in [0.2, 0.25) is 15.9 Å². The molecule has 1 fully saturated rings. The molecule has 1 heterocycles. The third kappa shape index (κ3) is 5.52. The van der Waals surface area contributed by atoms with Crippen molar-refractivity contribution in [3.63, 3.8) is 0 Å². The largest absolute Gasteiger partial charge is 0.497 e. The van der Waals surface area contributed by atoms with Gasteiger partial charge in [-0.3, -0.25) is 4.79 Å². The summed E-state index contributed by atoms with van der Waals surface area (Å²) in [6, 6.07) is 12.6. The van der Waals surface area contributed by atoms with Crippen LogP contribution in [0.1, 0.15) is 37.3 Å². The lowest BCUT2D eigenvalue weighted by atomic mass is 10.0. The van der Waals surface area contributed by atoms with E-state index in [0.717, 1.165) is 32.4 Å². The molecule has 0 aromatic heterocycles. The van der Waals surface area contributed by atoms with Crippen molar-refractivity contribution in [1.82, 2.24) is 9.62 Å². The van der Waals surface area contributed by atoms with E-state index in [1.807, 2.05) is 4.90 Å². The zero-order valence-electron chi connectivity index (χ0n) is 17.3. The minimum Gasteiger partial charge on any atom is -0.497 e. The Labute approximate surface area is 178 Å². The molecule has 30 heavy (non-hydrogen) atoms. The minimum absolute atomic E-state index is 0.0482. The average Bonchev–Trinajstić information content (AvgIpc) is 2.79. The Kier molecular flexibility index (Phi) is 7.33. The van der Waals surface area contributed by atoms with Crippen molar-refractivity contribution in [2.45, 2.75) is 36.6 Å². The molecule has 7 nitrogen and oxygen atoms in total. The number of benzene rings is 2. The van der Waals surface area contributed by atoms with E-state index >= 15 is 0 Å². The zero-order chi connectivity index (χ0) is 21.6. The normalized spacial score (nSPS) is 15.5. The van der Waals surface area contributed by atoms with Gasteiger partial charge in [0, 0.05) is 19.5 Å². The molecule has 0 spiro atoms. The Bertz CT molecular complexity index is 936. The van der Waals surface area contributed by atoms with Crippen LogP contribution in [-0.2, 0) is 14.8 Å². The van der Waals surface area contributed by atoms with Crippen molar-refractivity contribution >= 4 is 15.9 Å². The average molecular weight is 433 g/mol. The highest BCUT2D eigenvalue weighted by Gasteiger charge is 2.26. The zero-order valence-corrected chi connectivity index (χ0v) is 18.2. The van der Waals surface area contributed by atoms with Gasteiger partial charge in [-0.2, -0.15) is 0 Å². The molecule has 1 atom stereocenters. The number of hydrogen-bond acceptors (Lipinski definition) is 5. The molecule has 1 aliphatic rings. The molecule has 162 valence electrons. The molecule has 0 unspecified atom stereocenters. The third-order valence-corrected chi connectivity index (χ3v) is 6.76. The van der Waals surface area contributed by atoms with Gasteiger partial charge in [-0.25, -0.2) is 13.1 Å². The summed E-state index contributed by atoms with van der Waals surface area (Å²) in [5, 5.41) is 0. The number of likely N-dealkylation sites (tertiary alicyclic amines) is 1. The highest BCUT2D eigenvalue weighted by molar-refractivity contribution is 7.89. The van der Waals surface area contributed by atoms with Gasteiger partial charge >= 0.3 is 0 Å². The van der Waals surface area contributed by atoms with Crippen LogP contribution in [-0.4, -0.2) is 46.5 Å². The summed E-state index contributed by atoms with van der Waals surface area (Å²) in [4.78, 5) is 14.8. The van der Waals surface area contributed by atoms with E-state index in [1.165, 1.54) is 19.2 Å². The first kappa shape index (κ1) is 22.1. The molecule has 1 aliphatic heterocycles. The minimum atomic E-state index is -3.83. The second-order valence-electron chi connectivity index (χ2n) is 7.27. The number of carbonyl (C=O) groups excluding carboxylic acids is 1. The van der Waals surface area contributed by atoms with E-state index in [4.69, 9.17) is 9.47 Å². The summed E-state index contributed by atoms with van der Waals surface area (Å²) < 4.78 is 39.0. The fourth-order valence-electron chi connectivity index (χ4n) is 3.52. The first-order valence-corrected chi connectivity index (χ1v) is 11.5. The molecular weight excluding hydrogens is 404 g/mol. The number of ether oxygens (including phenoxy) is 2. The number of methoxy groups -OCH3 is 2. The Morgan fingerprint density at radius 1 is 0.933 bits per heavy atom. The SMILES string of the molecule is COc1ccc([C@@H](CC(=O)N2CCCCC2)NS(=O)(=O)c2ccc(OC)cc2)cc1. The molecule has 0 saturated carbocycles. The lowest BCUT2D eigenvalue weighted by Gasteiger charge is -2.29. The number of hydrogen-bond donors (Lipinski definition) is 1. The molecule has 0 aliphatic carbocycles. The highest BCUT2D eigenvalue weighted by Crippen LogP contribution is 2.25. The smallest absolute Gasteiger partial charge is 0.241 e. The number of nitrogens with one attached hydrogen (secondary N) is 1. The number of rotatable bonds is 8. The fraction of sp³-hybridized carbons (Fsp3) is 0.409. The third-order valence-electron chi connectivity index (χ3n) is 5.27. The lowest BCUT2D eigenvalue weighted by molar-refractivity contribution is -0.132. The van der Waals surface area contributed by atoms with Crippen molar-refractivity contribution in [1.29, 1.82) is 0 Å². The first-order chi connectivity index (χ1) is 14.4. The number of sulfonamides is 1. The van der Waals surface area contributed by atoms with Gasteiger partial charge < -0.3 is 14.4 Å². The van der Waals surface area contributed by atoms with E-state index in [1.54, 1.807) is 43.5 Å². The van der Waals surface area contributed by atoms with Gasteiger partial charge in [-0.1, -0.05) is 12.1 Å². The first-order valence-electron chi connectivity index (χ1n) is 10.0. The fourth-order valence-corrected chi connectivity index (χ4v) is 4.75. The quantitative estimate of drug-likeness (QED) is 0.693. The van der Waals surface area contributed by atoms with Gasteiger partial charge in [0.15, 0.2) is 0 Å². The van der Waals surface area contributed by atoms with E-state index in [-0.39, 0.29) is 17.2 Å². The molecular formula is C22H28N2O5S. The van der Waals surface area contributed by atoms with Gasteiger partial charge in [0.1, 0.15) is 11.5 Å². The number of nitrogens with zero attached hydrogens (tertiary/aromatic N) is 1. The number of amides is 1. The standard InChI is InChI=1S/C22H28N2O5S/c1-28-18-8-6-17(7-9-18)21(16-22(25)24-14-4-3-5-15-24)23-30(26,27)20-12-10-19(29-2)11-13-20/h6-13,21,23H,3-5,14-16H2,1-2H3/t21-/m1/s1. The van der Waals surface area contributed by atoms with Gasteiger partial charge in [-0.15, -0.1) is 0 Å². The topological polar surface area (TPSA) is 84.9 Å². The summed E-state index contributed by atoms with van der Waals surface area (Å²) in [6.45, 7) is 1.44. The van der Waals surface area contributed by atoms with Crippen LogP contribution in [0.15, 0.2) is 53.4 Å². The summed E-state index contributed by atoms with van der Waals surface area (Å²) >= 11 is 0. The van der Waals surface area contributed by atoms with Crippen LogP contribution in [0.3, 0.4) is 0 Å². The van der Waals surface area contributed by atoms with E-state index < -0.39 is 16.1 Å². The van der Waals surface area contributed by atoms with Crippen molar-refractivity contribution in [3.05, 3.63) is 54.1 Å². The molecule has 3 rings (SSSR count). The van der Waals surface area contributed by atoms with Crippen LogP contribution in [0.25, 0.3) is 0 Å². The maximum absolute atomic E-state index is 13.0. The van der Waals surface area contributed by atoms with Gasteiger partial charge in [-0.05, 0) is 61.2 Å². The van der Waals surface area contributed by atoms with Crippen molar-refractivity contribution < 1.29 is 22.7 Å². The van der Waals surface area contributed by atoms with E-state index in [0.29, 0.717) is 17.1 Å². The van der Waals surface area contributed by atoms with Crippen LogP contribution in [0.4, 0.5) is 0 Å². The predicted octanol–water partition coefficient (Wildman–Crippen LogP) is 3.13.